The number of hydrogen-bond donors (Lipinski definition) is 0. The largest absolute Gasteiger partial charge is 0.478 e. The molecule has 1 fully saturated rings. The maximum atomic E-state index is 13.5. The molecule has 1 heterocycles. The van der Waals surface area contributed by atoms with E-state index in [2.05, 4.69) is 0 Å². The minimum Gasteiger partial charge on any atom is -0.478 e. The molecule has 1 amide bonds. The molecule has 1 aliphatic rings. The number of carbonyl (C=O) groups is 1. The van der Waals surface area contributed by atoms with E-state index in [1.165, 1.54) is 6.07 Å². The number of hydrogen-bond acceptors (Lipinski definition) is 3. The quantitative estimate of drug-likeness (QED) is 0.860. The number of nitrogens with zero attached hydrogens (tertiary/aromatic N) is 1. The summed E-state index contributed by atoms with van der Waals surface area (Å²) in [5.41, 5.74) is 0. The van der Waals surface area contributed by atoms with E-state index in [1.54, 1.807) is 11.8 Å². The van der Waals surface area contributed by atoms with Crippen LogP contribution in [0.15, 0.2) is 18.2 Å². The molecular formula is C15H19F2NO3. The van der Waals surface area contributed by atoms with Crippen LogP contribution in [-0.2, 0) is 9.53 Å². The second kappa shape index (κ2) is 6.39. The molecule has 0 saturated carbocycles. The summed E-state index contributed by atoms with van der Waals surface area (Å²) in [6.45, 7) is 6.28. The molecule has 1 aromatic rings. The molecule has 1 aromatic carbocycles. The minimum absolute atomic E-state index is 0.0487. The average Bonchev–Trinajstić information content (AvgIpc) is 2.40. The molecule has 2 rings (SSSR count). The van der Waals surface area contributed by atoms with Crippen LogP contribution in [0.4, 0.5) is 8.78 Å². The number of morpholine rings is 1. The molecule has 1 saturated heterocycles. The summed E-state index contributed by atoms with van der Waals surface area (Å²) in [5, 5.41) is 0. The Morgan fingerprint density at radius 2 is 1.95 bits per heavy atom. The lowest BCUT2D eigenvalue weighted by atomic mass is 10.2. The first-order chi connectivity index (χ1) is 9.86. The van der Waals surface area contributed by atoms with Crippen LogP contribution < -0.4 is 4.74 Å². The highest BCUT2D eigenvalue weighted by Gasteiger charge is 2.29. The molecule has 0 bridgehead atoms. The van der Waals surface area contributed by atoms with Crippen molar-refractivity contribution in [1.29, 1.82) is 0 Å². The third kappa shape index (κ3) is 3.91. The number of carbonyl (C=O) groups excluding carboxylic acids is 1. The number of benzene rings is 1. The molecular weight excluding hydrogens is 280 g/mol. The standard InChI is InChI=1S/C15H19F2NO3/c1-9-7-18(8-10(2)20-9)15(19)11(3)21-14-5-4-12(16)6-13(14)17/h4-6,9-11H,7-8H2,1-3H3/t9-,10+,11-/m1/s1. The lowest BCUT2D eigenvalue weighted by molar-refractivity contribution is -0.149. The SMILES string of the molecule is C[C@@H]1CN(C(=O)[C@@H](C)Oc2ccc(F)cc2F)C[C@H](C)O1. The van der Waals surface area contributed by atoms with Crippen molar-refractivity contribution >= 4 is 5.91 Å². The van der Waals surface area contributed by atoms with Crippen molar-refractivity contribution in [1.82, 2.24) is 4.90 Å². The molecule has 0 aliphatic carbocycles. The van der Waals surface area contributed by atoms with Gasteiger partial charge in [-0.15, -0.1) is 0 Å². The second-order valence-electron chi connectivity index (χ2n) is 5.34. The Morgan fingerprint density at radius 3 is 2.52 bits per heavy atom. The third-order valence-electron chi connectivity index (χ3n) is 3.28. The first-order valence-electron chi connectivity index (χ1n) is 6.92. The van der Waals surface area contributed by atoms with Crippen LogP contribution in [0.25, 0.3) is 0 Å². The van der Waals surface area contributed by atoms with E-state index in [0.29, 0.717) is 13.1 Å². The van der Waals surface area contributed by atoms with E-state index in [9.17, 15) is 13.6 Å². The van der Waals surface area contributed by atoms with Crippen LogP contribution >= 0.6 is 0 Å². The van der Waals surface area contributed by atoms with E-state index in [1.807, 2.05) is 13.8 Å². The predicted octanol–water partition coefficient (Wildman–Crippen LogP) is 2.37. The van der Waals surface area contributed by atoms with E-state index in [0.717, 1.165) is 12.1 Å². The highest BCUT2D eigenvalue weighted by molar-refractivity contribution is 5.81. The Labute approximate surface area is 122 Å². The van der Waals surface area contributed by atoms with Gasteiger partial charge in [-0.1, -0.05) is 0 Å². The number of ether oxygens (including phenoxy) is 2. The maximum absolute atomic E-state index is 13.5. The van der Waals surface area contributed by atoms with E-state index in [4.69, 9.17) is 9.47 Å². The first-order valence-corrected chi connectivity index (χ1v) is 6.92. The van der Waals surface area contributed by atoms with Gasteiger partial charge in [0.25, 0.3) is 5.91 Å². The molecule has 3 atom stereocenters. The summed E-state index contributed by atoms with van der Waals surface area (Å²) in [7, 11) is 0. The van der Waals surface area contributed by atoms with Crippen LogP contribution in [-0.4, -0.2) is 42.2 Å². The lowest BCUT2D eigenvalue weighted by Crippen LogP contribution is -2.51. The molecule has 0 spiro atoms. The first kappa shape index (κ1) is 15.7. The van der Waals surface area contributed by atoms with Crippen molar-refractivity contribution in [2.24, 2.45) is 0 Å². The molecule has 0 aromatic heterocycles. The fourth-order valence-corrected chi connectivity index (χ4v) is 2.43. The Kier molecular flexibility index (Phi) is 4.77. The molecule has 4 nitrogen and oxygen atoms in total. The number of amides is 1. The summed E-state index contributed by atoms with van der Waals surface area (Å²) in [6.07, 6.45) is -0.942. The normalized spacial score (nSPS) is 23.8. The van der Waals surface area contributed by atoms with Gasteiger partial charge in [0.15, 0.2) is 17.7 Å². The Balaban J connectivity index is 2.02. The van der Waals surface area contributed by atoms with E-state index < -0.39 is 17.7 Å². The zero-order valence-electron chi connectivity index (χ0n) is 12.3. The summed E-state index contributed by atoms with van der Waals surface area (Å²) in [4.78, 5) is 14.0. The van der Waals surface area contributed by atoms with Gasteiger partial charge in [0.05, 0.1) is 12.2 Å². The van der Waals surface area contributed by atoms with Gasteiger partial charge in [0.1, 0.15) is 5.82 Å². The molecule has 0 N–H and O–H groups in total. The van der Waals surface area contributed by atoms with Crippen molar-refractivity contribution in [2.45, 2.75) is 39.1 Å². The van der Waals surface area contributed by atoms with Gasteiger partial charge in [-0.3, -0.25) is 4.79 Å². The molecule has 0 unspecified atom stereocenters. The van der Waals surface area contributed by atoms with Gasteiger partial charge in [-0.05, 0) is 32.9 Å². The highest BCUT2D eigenvalue weighted by Crippen LogP contribution is 2.20. The summed E-state index contributed by atoms with van der Waals surface area (Å²) in [5.74, 6) is -1.87. The topological polar surface area (TPSA) is 38.8 Å². The molecule has 21 heavy (non-hydrogen) atoms. The predicted molar refractivity (Wildman–Crippen MR) is 73.0 cm³/mol. The fraction of sp³-hybridized carbons (Fsp3) is 0.533. The van der Waals surface area contributed by atoms with Crippen LogP contribution in [0, 0.1) is 11.6 Å². The van der Waals surface area contributed by atoms with Crippen LogP contribution in [0.1, 0.15) is 20.8 Å². The van der Waals surface area contributed by atoms with E-state index in [-0.39, 0.29) is 23.9 Å². The second-order valence-corrected chi connectivity index (χ2v) is 5.34. The van der Waals surface area contributed by atoms with E-state index >= 15 is 0 Å². The maximum Gasteiger partial charge on any atom is 0.263 e. The number of halogens is 2. The van der Waals surface area contributed by atoms with Crippen molar-refractivity contribution in [2.75, 3.05) is 13.1 Å². The van der Waals surface area contributed by atoms with Gasteiger partial charge in [-0.25, -0.2) is 8.78 Å². The third-order valence-corrected chi connectivity index (χ3v) is 3.28. The zero-order valence-corrected chi connectivity index (χ0v) is 12.3. The molecule has 0 radical (unpaired) electrons. The zero-order chi connectivity index (χ0) is 15.6. The smallest absolute Gasteiger partial charge is 0.263 e. The Bertz CT molecular complexity index is 514. The van der Waals surface area contributed by atoms with Crippen molar-refractivity contribution < 1.29 is 23.0 Å². The fourth-order valence-electron chi connectivity index (χ4n) is 2.43. The number of rotatable bonds is 3. The molecule has 6 heteroatoms. The molecule has 1 aliphatic heterocycles. The molecule has 116 valence electrons. The van der Waals surface area contributed by atoms with Gasteiger partial charge < -0.3 is 14.4 Å². The monoisotopic (exact) mass is 299 g/mol. The summed E-state index contributed by atoms with van der Waals surface area (Å²) >= 11 is 0. The van der Waals surface area contributed by atoms with Gasteiger partial charge in [0.2, 0.25) is 0 Å². The summed E-state index contributed by atoms with van der Waals surface area (Å²) < 4.78 is 37.2. The van der Waals surface area contributed by atoms with Crippen molar-refractivity contribution in [3.8, 4) is 5.75 Å². The van der Waals surface area contributed by atoms with Crippen molar-refractivity contribution in [3.05, 3.63) is 29.8 Å². The lowest BCUT2D eigenvalue weighted by Gasteiger charge is -2.36. The van der Waals surface area contributed by atoms with Crippen LogP contribution in [0.2, 0.25) is 0 Å². The minimum atomic E-state index is -0.845. The van der Waals surface area contributed by atoms with Gasteiger partial charge in [-0.2, -0.15) is 0 Å². The Hall–Kier alpha value is -1.69. The van der Waals surface area contributed by atoms with Crippen LogP contribution in [0.3, 0.4) is 0 Å². The highest BCUT2D eigenvalue weighted by atomic mass is 19.1. The van der Waals surface area contributed by atoms with Gasteiger partial charge in [0, 0.05) is 19.2 Å². The Morgan fingerprint density at radius 1 is 1.33 bits per heavy atom. The van der Waals surface area contributed by atoms with Crippen molar-refractivity contribution in [3.63, 3.8) is 0 Å². The summed E-state index contributed by atoms with van der Waals surface area (Å²) in [6, 6.07) is 3.00. The van der Waals surface area contributed by atoms with Crippen LogP contribution in [0.5, 0.6) is 5.75 Å². The van der Waals surface area contributed by atoms with Gasteiger partial charge >= 0.3 is 0 Å². The average molecular weight is 299 g/mol.